The minimum absolute atomic E-state index is 0.583. The van der Waals surface area contributed by atoms with Crippen LogP contribution in [0.25, 0.3) is 0 Å². The first-order chi connectivity index (χ1) is 6.95. The number of nitrogens with one attached hydrogen (secondary N) is 1. The first kappa shape index (κ1) is 8.42. The van der Waals surface area contributed by atoms with Crippen molar-refractivity contribution < 1.29 is 0 Å². The van der Waals surface area contributed by atoms with Crippen molar-refractivity contribution >= 4 is 0 Å². The van der Waals surface area contributed by atoms with Gasteiger partial charge in [-0.25, -0.2) is 0 Å². The van der Waals surface area contributed by atoms with E-state index in [0.29, 0.717) is 6.04 Å². The number of hydrogen-bond acceptors (Lipinski definition) is 2. The minimum atomic E-state index is 0.583. The second kappa shape index (κ2) is 3.35. The predicted molar refractivity (Wildman–Crippen MR) is 56.2 cm³/mol. The fourth-order valence-corrected chi connectivity index (χ4v) is 2.42. The molecule has 1 aromatic rings. The highest BCUT2D eigenvalue weighted by atomic mass is 14.9. The molecule has 14 heavy (non-hydrogen) atoms. The van der Waals surface area contributed by atoms with Crippen LogP contribution in [0.2, 0.25) is 0 Å². The van der Waals surface area contributed by atoms with E-state index in [9.17, 15) is 0 Å². The molecule has 3 rings (SSSR count). The molecule has 2 nitrogen and oxygen atoms in total. The van der Waals surface area contributed by atoms with Gasteiger partial charge < -0.3 is 5.32 Å². The van der Waals surface area contributed by atoms with Gasteiger partial charge in [-0.3, -0.25) is 4.98 Å². The zero-order chi connectivity index (χ0) is 9.38. The van der Waals surface area contributed by atoms with Gasteiger partial charge in [-0.1, -0.05) is 0 Å². The maximum Gasteiger partial charge on any atom is 0.0338 e. The van der Waals surface area contributed by atoms with E-state index in [0.717, 1.165) is 5.92 Å². The third kappa shape index (κ3) is 1.44. The predicted octanol–water partition coefficient (Wildman–Crippen LogP) is 2.38. The highest BCUT2D eigenvalue weighted by molar-refractivity contribution is 5.33. The van der Waals surface area contributed by atoms with Crippen molar-refractivity contribution in [2.45, 2.75) is 37.6 Å². The van der Waals surface area contributed by atoms with E-state index in [4.69, 9.17) is 0 Å². The summed E-state index contributed by atoms with van der Waals surface area (Å²) in [4.78, 5) is 4.26. The van der Waals surface area contributed by atoms with E-state index in [2.05, 4.69) is 22.6 Å². The molecule has 0 amide bonds. The van der Waals surface area contributed by atoms with Gasteiger partial charge in [0.25, 0.3) is 0 Å². The average molecular weight is 188 g/mol. The molecule has 1 saturated heterocycles. The van der Waals surface area contributed by atoms with Crippen molar-refractivity contribution in [2.75, 3.05) is 6.54 Å². The lowest BCUT2D eigenvalue weighted by atomic mass is 9.99. The van der Waals surface area contributed by atoms with Crippen LogP contribution >= 0.6 is 0 Å². The van der Waals surface area contributed by atoms with Crippen molar-refractivity contribution in [1.82, 2.24) is 10.3 Å². The topological polar surface area (TPSA) is 24.9 Å². The Morgan fingerprint density at radius 2 is 2.14 bits per heavy atom. The van der Waals surface area contributed by atoms with E-state index >= 15 is 0 Å². The quantitative estimate of drug-likeness (QED) is 0.770. The summed E-state index contributed by atoms with van der Waals surface area (Å²) < 4.78 is 0. The van der Waals surface area contributed by atoms with Gasteiger partial charge in [0, 0.05) is 18.4 Å². The fourth-order valence-electron chi connectivity index (χ4n) is 2.42. The second-order valence-electron chi connectivity index (χ2n) is 4.43. The summed E-state index contributed by atoms with van der Waals surface area (Å²) in [5, 5.41) is 3.56. The van der Waals surface area contributed by atoms with E-state index < -0.39 is 0 Å². The van der Waals surface area contributed by atoms with Crippen molar-refractivity contribution in [2.24, 2.45) is 0 Å². The molecule has 1 aromatic heterocycles. The molecule has 1 atom stereocenters. The highest BCUT2D eigenvalue weighted by Gasteiger charge is 2.29. The summed E-state index contributed by atoms with van der Waals surface area (Å²) in [6, 6.07) is 2.80. The molecule has 1 aliphatic carbocycles. The van der Waals surface area contributed by atoms with Crippen LogP contribution in [0.15, 0.2) is 18.5 Å². The Labute approximate surface area is 84.7 Å². The first-order valence-electron chi connectivity index (χ1n) is 5.62. The molecular formula is C12H16N2. The molecule has 2 heteroatoms. The summed E-state index contributed by atoms with van der Waals surface area (Å²) in [6.45, 7) is 1.17. The van der Waals surface area contributed by atoms with Gasteiger partial charge in [0.05, 0.1) is 0 Å². The van der Waals surface area contributed by atoms with Gasteiger partial charge >= 0.3 is 0 Å². The molecule has 0 radical (unpaired) electrons. The van der Waals surface area contributed by atoms with Crippen LogP contribution in [0.4, 0.5) is 0 Å². The van der Waals surface area contributed by atoms with Crippen LogP contribution in [-0.2, 0) is 0 Å². The SMILES string of the molecule is c1cc(C2CC2)c(C2CCCN2)cn1. The number of rotatable bonds is 2. The second-order valence-corrected chi connectivity index (χ2v) is 4.43. The fraction of sp³-hybridized carbons (Fsp3) is 0.583. The van der Waals surface area contributed by atoms with E-state index in [1.54, 1.807) is 5.56 Å². The van der Waals surface area contributed by atoms with Gasteiger partial charge in [0.15, 0.2) is 0 Å². The summed E-state index contributed by atoms with van der Waals surface area (Å²) in [7, 11) is 0. The Morgan fingerprint density at radius 3 is 2.86 bits per heavy atom. The number of nitrogens with zero attached hydrogens (tertiary/aromatic N) is 1. The average Bonchev–Trinajstić information content (AvgIpc) is 2.94. The van der Waals surface area contributed by atoms with Gasteiger partial charge in [0.1, 0.15) is 0 Å². The lowest BCUT2D eigenvalue weighted by molar-refractivity contribution is 0.637. The lowest BCUT2D eigenvalue weighted by Gasteiger charge is -2.14. The van der Waals surface area contributed by atoms with Crippen molar-refractivity contribution in [3.63, 3.8) is 0 Å². The van der Waals surface area contributed by atoms with E-state index in [1.807, 2.05) is 6.20 Å². The van der Waals surface area contributed by atoms with Gasteiger partial charge in [-0.2, -0.15) is 0 Å². The molecule has 0 bridgehead atoms. The van der Waals surface area contributed by atoms with Crippen molar-refractivity contribution in [1.29, 1.82) is 0 Å². The molecule has 2 heterocycles. The zero-order valence-electron chi connectivity index (χ0n) is 8.37. The lowest BCUT2D eigenvalue weighted by Crippen LogP contribution is -2.14. The maximum absolute atomic E-state index is 4.26. The Morgan fingerprint density at radius 1 is 1.21 bits per heavy atom. The molecular weight excluding hydrogens is 172 g/mol. The molecule has 74 valence electrons. The van der Waals surface area contributed by atoms with E-state index in [-0.39, 0.29) is 0 Å². The number of aromatic nitrogens is 1. The highest BCUT2D eigenvalue weighted by Crippen LogP contribution is 2.43. The number of pyridine rings is 1. The smallest absolute Gasteiger partial charge is 0.0338 e. The van der Waals surface area contributed by atoms with Crippen LogP contribution in [0.1, 0.15) is 48.8 Å². The zero-order valence-corrected chi connectivity index (χ0v) is 8.37. The largest absolute Gasteiger partial charge is 0.310 e. The Kier molecular flexibility index (Phi) is 2.02. The third-order valence-electron chi connectivity index (χ3n) is 3.34. The first-order valence-corrected chi connectivity index (χ1v) is 5.62. The van der Waals surface area contributed by atoms with Crippen LogP contribution < -0.4 is 5.32 Å². The van der Waals surface area contributed by atoms with Crippen molar-refractivity contribution in [3.8, 4) is 0 Å². The Hall–Kier alpha value is -0.890. The monoisotopic (exact) mass is 188 g/mol. The van der Waals surface area contributed by atoms with E-state index in [1.165, 1.54) is 37.8 Å². The minimum Gasteiger partial charge on any atom is -0.310 e. The van der Waals surface area contributed by atoms with Crippen LogP contribution in [0.3, 0.4) is 0 Å². The van der Waals surface area contributed by atoms with Gasteiger partial charge in [0.2, 0.25) is 0 Å². The number of hydrogen-bond donors (Lipinski definition) is 1. The Bertz CT molecular complexity index is 325. The molecule has 1 unspecified atom stereocenters. The summed E-state index contributed by atoms with van der Waals surface area (Å²) >= 11 is 0. The van der Waals surface area contributed by atoms with Crippen LogP contribution in [0, 0.1) is 0 Å². The molecule has 0 spiro atoms. The molecule has 0 aromatic carbocycles. The normalized spacial score (nSPS) is 26.7. The summed E-state index contributed by atoms with van der Waals surface area (Å²) in [5.74, 6) is 0.843. The molecule has 1 N–H and O–H groups in total. The Balaban J connectivity index is 1.94. The third-order valence-corrected chi connectivity index (χ3v) is 3.34. The van der Waals surface area contributed by atoms with Gasteiger partial charge in [-0.15, -0.1) is 0 Å². The maximum atomic E-state index is 4.26. The molecule has 1 saturated carbocycles. The van der Waals surface area contributed by atoms with Crippen LogP contribution in [0.5, 0.6) is 0 Å². The van der Waals surface area contributed by atoms with Gasteiger partial charge in [-0.05, 0) is 55.3 Å². The molecule has 2 fully saturated rings. The summed E-state index contributed by atoms with van der Waals surface area (Å²) in [5.41, 5.74) is 3.02. The molecule has 2 aliphatic rings. The molecule has 1 aliphatic heterocycles. The standard InChI is InChI=1S/C12H16N2/c1-2-12(14-6-1)11-8-13-7-5-10(11)9-3-4-9/h5,7-9,12,14H,1-4,6H2. The summed E-state index contributed by atoms with van der Waals surface area (Å²) in [6.07, 6.45) is 9.35. The van der Waals surface area contributed by atoms with Crippen molar-refractivity contribution in [3.05, 3.63) is 29.6 Å². The van der Waals surface area contributed by atoms with Crippen LogP contribution in [-0.4, -0.2) is 11.5 Å².